The van der Waals surface area contributed by atoms with E-state index < -0.39 is 0 Å². The summed E-state index contributed by atoms with van der Waals surface area (Å²) < 4.78 is 11.3. The van der Waals surface area contributed by atoms with Crippen molar-refractivity contribution in [3.05, 3.63) is 29.8 Å². The summed E-state index contributed by atoms with van der Waals surface area (Å²) in [6.45, 7) is 10.5. The Labute approximate surface area is 213 Å². The molecule has 3 aliphatic heterocycles. The summed E-state index contributed by atoms with van der Waals surface area (Å²) in [6.07, 6.45) is 4.86. The van der Waals surface area contributed by atoms with Crippen LogP contribution in [0.4, 0.5) is 17.6 Å². The van der Waals surface area contributed by atoms with Gasteiger partial charge in [0.05, 0.1) is 0 Å². The maximum absolute atomic E-state index is 5.69. The zero-order chi connectivity index (χ0) is 24.2. The van der Waals surface area contributed by atoms with Gasteiger partial charge >= 0.3 is 0 Å². The van der Waals surface area contributed by atoms with Gasteiger partial charge in [-0.1, -0.05) is 19.9 Å². The predicted molar refractivity (Wildman–Crippen MR) is 144 cm³/mol. The monoisotopic (exact) mass is 496 g/mol. The Morgan fingerprint density at radius 2 is 1.69 bits per heavy atom. The fraction of sp³-hybridized carbons (Fsp3) is 0.577. The van der Waals surface area contributed by atoms with Crippen molar-refractivity contribution in [2.75, 3.05) is 54.5 Å². The highest BCUT2D eigenvalue weighted by Crippen LogP contribution is 2.31. The number of hydrogen-bond acceptors (Lipinski definition) is 7. The first-order valence-electron chi connectivity index (χ1n) is 12.9. The van der Waals surface area contributed by atoms with E-state index in [2.05, 4.69) is 40.3 Å². The minimum Gasteiger partial charge on any atom is -0.486 e. The number of piperidine rings is 2. The van der Waals surface area contributed by atoms with Crippen LogP contribution in [0.2, 0.25) is 0 Å². The van der Waals surface area contributed by atoms with Crippen LogP contribution in [0.5, 0.6) is 11.5 Å². The molecule has 0 aliphatic carbocycles. The highest BCUT2D eigenvalue weighted by molar-refractivity contribution is 7.80. The van der Waals surface area contributed by atoms with Crippen LogP contribution in [-0.2, 0) is 6.54 Å². The van der Waals surface area contributed by atoms with Gasteiger partial charge in [-0.15, -0.1) is 0 Å². The molecular weight excluding hydrogens is 460 g/mol. The molecule has 0 amide bonds. The lowest BCUT2D eigenvalue weighted by atomic mass is 9.99. The molecule has 9 heteroatoms. The maximum Gasteiger partial charge on any atom is 0.232 e. The van der Waals surface area contributed by atoms with Crippen LogP contribution >= 0.6 is 12.2 Å². The largest absolute Gasteiger partial charge is 0.486 e. The molecule has 2 fully saturated rings. The lowest BCUT2D eigenvalue weighted by molar-refractivity contribution is 0.171. The second-order valence-corrected chi connectivity index (χ2v) is 10.5. The van der Waals surface area contributed by atoms with Crippen molar-refractivity contribution in [1.29, 1.82) is 0 Å². The smallest absolute Gasteiger partial charge is 0.232 e. The summed E-state index contributed by atoms with van der Waals surface area (Å²) in [5.41, 5.74) is 1.07. The lowest BCUT2D eigenvalue weighted by Crippen LogP contribution is -2.37. The Hall–Kier alpha value is -2.81. The van der Waals surface area contributed by atoms with Crippen molar-refractivity contribution in [2.24, 2.45) is 11.8 Å². The van der Waals surface area contributed by atoms with E-state index in [9.17, 15) is 0 Å². The Morgan fingerprint density at radius 1 is 0.943 bits per heavy atom. The normalized spacial score (nSPS) is 20.5. The fourth-order valence-electron chi connectivity index (χ4n) is 4.96. The summed E-state index contributed by atoms with van der Waals surface area (Å²) in [7, 11) is 0. The van der Waals surface area contributed by atoms with Crippen LogP contribution in [0.1, 0.15) is 45.1 Å². The second-order valence-electron chi connectivity index (χ2n) is 10.1. The molecule has 1 aromatic heterocycles. The summed E-state index contributed by atoms with van der Waals surface area (Å²) in [5.74, 6) is 5.52. The third-order valence-corrected chi connectivity index (χ3v) is 7.32. The first-order chi connectivity index (χ1) is 17.0. The number of nitrogens with zero attached hydrogens (tertiary/aromatic N) is 4. The Morgan fingerprint density at radius 3 is 2.46 bits per heavy atom. The third-order valence-electron chi connectivity index (χ3n) is 7.07. The molecule has 0 radical (unpaired) electrons. The van der Waals surface area contributed by atoms with E-state index in [4.69, 9.17) is 31.7 Å². The number of hydrogen-bond donors (Lipinski definition) is 2. The first kappa shape index (κ1) is 23.9. The van der Waals surface area contributed by atoms with E-state index in [0.717, 1.165) is 60.8 Å². The number of anilines is 3. The Kier molecular flexibility index (Phi) is 7.41. The van der Waals surface area contributed by atoms with Crippen LogP contribution in [0, 0.1) is 11.8 Å². The van der Waals surface area contributed by atoms with E-state index in [1.165, 1.54) is 25.7 Å². The minimum atomic E-state index is 0.502. The summed E-state index contributed by atoms with van der Waals surface area (Å²) >= 11 is 5.60. The molecule has 0 spiro atoms. The summed E-state index contributed by atoms with van der Waals surface area (Å²) in [6, 6.07) is 8.12. The molecule has 5 rings (SSSR count). The van der Waals surface area contributed by atoms with Crippen LogP contribution in [0.15, 0.2) is 24.3 Å². The number of fused-ring (bicyclic) bond motifs is 1. The number of aromatic nitrogens is 2. The molecule has 1 aromatic carbocycles. The Balaban J connectivity index is 1.28. The zero-order valence-electron chi connectivity index (χ0n) is 20.8. The van der Waals surface area contributed by atoms with Gasteiger partial charge in [0.15, 0.2) is 16.6 Å². The van der Waals surface area contributed by atoms with Crippen molar-refractivity contribution in [2.45, 2.75) is 46.1 Å². The molecule has 1 atom stereocenters. The van der Waals surface area contributed by atoms with Crippen molar-refractivity contribution in [1.82, 2.24) is 15.3 Å². The highest BCUT2D eigenvalue weighted by Gasteiger charge is 2.23. The maximum atomic E-state index is 5.69. The highest BCUT2D eigenvalue weighted by atomic mass is 32.1. The summed E-state index contributed by atoms with van der Waals surface area (Å²) in [4.78, 5) is 14.5. The molecule has 8 nitrogen and oxygen atoms in total. The number of thiocarbonyl (C=S) groups is 1. The molecule has 35 heavy (non-hydrogen) atoms. The molecule has 2 saturated heterocycles. The fourth-order valence-corrected chi connectivity index (χ4v) is 5.13. The van der Waals surface area contributed by atoms with Crippen molar-refractivity contribution in [3.63, 3.8) is 0 Å². The topological polar surface area (TPSA) is 74.8 Å². The second kappa shape index (κ2) is 10.8. The molecule has 3 aliphatic rings. The predicted octanol–water partition coefficient (Wildman–Crippen LogP) is 4.21. The number of ether oxygens (including phenoxy) is 2. The third kappa shape index (κ3) is 6.07. The van der Waals surface area contributed by atoms with Gasteiger partial charge in [0.25, 0.3) is 0 Å². The standard InChI is InChI=1S/C26H36N6O2S/c1-18-7-10-31(11-8-18)23-15-24(32-9-3-4-19(2)17-32)29-25(28-23)30-26(35)27-16-20-5-6-21-22(14-20)34-13-12-33-21/h5-6,14-15,18-19H,3-4,7-13,16-17H2,1-2H3,(H2,27,28,29,30,35). The molecular formula is C26H36N6O2S. The van der Waals surface area contributed by atoms with Crippen LogP contribution < -0.4 is 29.9 Å². The molecule has 1 unspecified atom stereocenters. The summed E-state index contributed by atoms with van der Waals surface area (Å²) in [5, 5.41) is 7.03. The van der Waals surface area contributed by atoms with E-state index >= 15 is 0 Å². The van der Waals surface area contributed by atoms with E-state index in [1.54, 1.807) is 0 Å². The van der Waals surface area contributed by atoms with Gasteiger partial charge < -0.3 is 29.9 Å². The van der Waals surface area contributed by atoms with E-state index in [0.29, 0.717) is 36.7 Å². The molecule has 2 aromatic rings. The minimum absolute atomic E-state index is 0.502. The quantitative estimate of drug-likeness (QED) is 0.592. The van der Waals surface area contributed by atoms with Crippen LogP contribution in [0.25, 0.3) is 0 Å². The van der Waals surface area contributed by atoms with Gasteiger partial charge in [-0.2, -0.15) is 9.97 Å². The SMILES string of the molecule is CC1CCN(c2cc(N3CCCC(C)C3)nc(NC(=S)NCc3ccc4c(c3)OCCO4)n2)CC1. The van der Waals surface area contributed by atoms with Crippen molar-refractivity contribution < 1.29 is 9.47 Å². The van der Waals surface area contributed by atoms with Gasteiger partial charge in [-0.25, -0.2) is 0 Å². The van der Waals surface area contributed by atoms with Crippen LogP contribution in [-0.4, -0.2) is 54.5 Å². The molecule has 0 bridgehead atoms. The molecule has 0 saturated carbocycles. The van der Waals surface area contributed by atoms with Gasteiger partial charge in [0.2, 0.25) is 5.95 Å². The van der Waals surface area contributed by atoms with Gasteiger partial charge in [-0.3, -0.25) is 0 Å². The van der Waals surface area contributed by atoms with Crippen molar-refractivity contribution in [3.8, 4) is 11.5 Å². The van der Waals surface area contributed by atoms with Gasteiger partial charge in [0, 0.05) is 38.8 Å². The Bertz CT molecular complexity index is 1040. The molecule has 2 N–H and O–H groups in total. The average molecular weight is 497 g/mol. The number of rotatable bonds is 5. The first-order valence-corrected chi connectivity index (χ1v) is 13.3. The lowest BCUT2D eigenvalue weighted by Gasteiger charge is -2.34. The number of benzene rings is 1. The zero-order valence-corrected chi connectivity index (χ0v) is 21.6. The van der Waals surface area contributed by atoms with E-state index in [1.807, 2.05) is 18.2 Å². The number of nitrogens with one attached hydrogen (secondary N) is 2. The van der Waals surface area contributed by atoms with Crippen molar-refractivity contribution >= 4 is 34.9 Å². The van der Waals surface area contributed by atoms with Gasteiger partial charge in [-0.05, 0) is 67.4 Å². The van der Waals surface area contributed by atoms with Gasteiger partial charge in [0.1, 0.15) is 24.8 Å². The average Bonchev–Trinajstić information content (AvgIpc) is 2.87. The molecule has 4 heterocycles. The van der Waals surface area contributed by atoms with E-state index in [-0.39, 0.29) is 0 Å². The van der Waals surface area contributed by atoms with Crippen LogP contribution in [0.3, 0.4) is 0 Å². The molecule has 188 valence electrons.